The smallest absolute Gasteiger partial charge is 0.320 e. The number of carbonyl (C=O) groups excluding carboxylic acids is 4. The Morgan fingerprint density at radius 2 is 1.79 bits per heavy atom. The molecule has 3 fully saturated rings. The van der Waals surface area contributed by atoms with Crippen LogP contribution in [0.4, 0.5) is 0 Å². The van der Waals surface area contributed by atoms with Crippen molar-refractivity contribution < 1.29 is 28.7 Å². The van der Waals surface area contributed by atoms with Crippen molar-refractivity contribution in [1.82, 2.24) is 4.90 Å². The number of hydrogen-bond donors (Lipinski definition) is 0. The van der Waals surface area contributed by atoms with Crippen LogP contribution in [0.15, 0.2) is 22.8 Å². The average Bonchev–Trinajstić information content (AvgIpc) is 3.61. The quantitative estimate of drug-likeness (QED) is 0.395. The van der Waals surface area contributed by atoms with Crippen molar-refractivity contribution in [3.05, 3.63) is 22.8 Å². The van der Waals surface area contributed by atoms with Crippen LogP contribution in [-0.4, -0.2) is 59.7 Å². The molecule has 216 valence electrons. The van der Waals surface area contributed by atoms with Gasteiger partial charge in [-0.15, -0.1) is 12.4 Å². The molecule has 0 aromatic rings. The van der Waals surface area contributed by atoms with Crippen LogP contribution in [0.3, 0.4) is 0 Å². The second-order valence-corrected chi connectivity index (χ2v) is 13.0. The number of esters is 2. The number of likely N-dealkylation sites (N-methyl/N-ethyl adjacent to an activating group) is 1. The fourth-order valence-electron chi connectivity index (χ4n) is 8.99. The molecule has 0 aromatic heterocycles. The van der Waals surface area contributed by atoms with Crippen molar-refractivity contribution in [1.29, 1.82) is 0 Å². The number of fused-ring (bicyclic) bond motifs is 7. The van der Waals surface area contributed by atoms with E-state index in [-0.39, 0.29) is 77.9 Å². The molecule has 0 radical (unpaired) electrons. The number of rotatable bonds is 7. The van der Waals surface area contributed by atoms with E-state index >= 15 is 0 Å². The molecule has 9 heteroatoms. The van der Waals surface area contributed by atoms with Gasteiger partial charge in [-0.3, -0.25) is 24.1 Å². The molecule has 0 aromatic carbocycles. The number of hydrogen-bond acceptors (Lipinski definition) is 7. The Bertz CT molecular complexity index is 1150. The van der Waals surface area contributed by atoms with E-state index in [1.54, 1.807) is 6.08 Å². The van der Waals surface area contributed by atoms with E-state index in [0.717, 1.165) is 31.5 Å². The summed E-state index contributed by atoms with van der Waals surface area (Å²) in [6.07, 6.45) is 5.66. The van der Waals surface area contributed by atoms with Crippen LogP contribution in [0.1, 0.15) is 67.2 Å². The maximum Gasteiger partial charge on any atom is 0.320 e. The molecule has 39 heavy (non-hydrogen) atoms. The third-order valence-electron chi connectivity index (χ3n) is 11.0. The van der Waals surface area contributed by atoms with Gasteiger partial charge in [0.2, 0.25) is 0 Å². The number of halogens is 2. The second-order valence-electron chi connectivity index (χ2n) is 12.5. The van der Waals surface area contributed by atoms with Crippen LogP contribution in [0, 0.1) is 40.4 Å². The summed E-state index contributed by atoms with van der Waals surface area (Å²) in [6, 6.07) is 0. The highest BCUT2D eigenvalue weighted by atomic mass is 35.5. The summed E-state index contributed by atoms with van der Waals surface area (Å²) < 4.78 is 12.2. The number of nitrogens with zero attached hydrogens (tertiary/aromatic N) is 1. The maximum atomic E-state index is 13.4. The molecule has 5 rings (SSSR count). The highest BCUT2D eigenvalue weighted by Gasteiger charge is 2.73. The van der Waals surface area contributed by atoms with Gasteiger partial charge in [0.25, 0.3) is 0 Å². The number of ketones is 2. The van der Waals surface area contributed by atoms with E-state index < -0.39 is 23.1 Å². The predicted octanol–water partition coefficient (Wildman–Crippen LogP) is 4.89. The van der Waals surface area contributed by atoms with Crippen LogP contribution in [-0.2, 0) is 28.7 Å². The van der Waals surface area contributed by atoms with Gasteiger partial charge in [0.05, 0.1) is 6.54 Å². The van der Waals surface area contributed by atoms with Crippen LogP contribution in [0.5, 0.6) is 0 Å². The van der Waals surface area contributed by atoms with Crippen LogP contribution in [0.2, 0.25) is 0 Å². The Morgan fingerprint density at radius 1 is 1.13 bits per heavy atom. The SMILES string of the molecule is CCN(CC)CC(=O)O[C@@H]1C[C@](OC(C)=O)(C(C)=O)[C@@]2(C)CC[C@H]3[C@@H](C=C(Cl)C4=CC(=O)[C@@H]5C[C@@H]5[C@@]43C)[C@H]12.Cl. The van der Waals surface area contributed by atoms with Gasteiger partial charge in [0, 0.05) is 41.0 Å². The van der Waals surface area contributed by atoms with Crippen LogP contribution >= 0.6 is 24.0 Å². The fourth-order valence-corrected chi connectivity index (χ4v) is 9.39. The van der Waals surface area contributed by atoms with E-state index in [9.17, 15) is 19.2 Å². The van der Waals surface area contributed by atoms with Crippen molar-refractivity contribution in [3.8, 4) is 0 Å². The second kappa shape index (κ2) is 10.3. The third-order valence-corrected chi connectivity index (χ3v) is 11.3. The summed E-state index contributed by atoms with van der Waals surface area (Å²) in [4.78, 5) is 53.5. The lowest BCUT2D eigenvalue weighted by Crippen LogP contribution is -2.59. The lowest BCUT2D eigenvalue weighted by Gasteiger charge is -2.58. The van der Waals surface area contributed by atoms with E-state index in [0.29, 0.717) is 11.5 Å². The first-order chi connectivity index (χ1) is 17.8. The zero-order valence-electron chi connectivity index (χ0n) is 23.8. The minimum Gasteiger partial charge on any atom is -0.461 e. The van der Waals surface area contributed by atoms with E-state index in [2.05, 4.69) is 6.92 Å². The normalized spacial score (nSPS) is 41.6. The molecular formula is C30H41Cl2NO6. The van der Waals surface area contributed by atoms with Gasteiger partial charge in [-0.05, 0) is 68.7 Å². The van der Waals surface area contributed by atoms with Gasteiger partial charge in [-0.25, -0.2) is 0 Å². The zero-order valence-corrected chi connectivity index (χ0v) is 25.3. The summed E-state index contributed by atoms with van der Waals surface area (Å²) >= 11 is 6.94. The van der Waals surface area contributed by atoms with Gasteiger partial charge < -0.3 is 9.47 Å². The summed E-state index contributed by atoms with van der Waals surface area (Å²) in [5.41, 5.74) is -1.44. The standard InChI is InChI=1S/C30H40ClNO6.ClH/c1-7-32(8-2)15-26(36)37-25-14-30(16(3)33,38-17(4)34)28(5)10-9-20-19(27(25)28)12-23(31)22-13-24(35)18-11-21(18)29(20,22)6;/h12-13,18-21,25,27H,7-11,14-15H2,1-6H3;1H/t18-,19-,20+,21+,25-,27-,28+,29+,30+;/m1./s1. The van der Waals surface area contributed by atoms with Crippen molar-refractivity contribution in [3.63, 3.8) is 0 Å². The van der Waals surface area contributed by atoms with Crippen molar-refractivity contribution in [2.24, 2.45) is 40.4 Å². The molecule has 0 saturated heterocycles. The first-order valence-electron chi connectivity index (χ1n) is 14.1. The number of ether oxygens (including phenoxy) is 2. The molecular weight excluding hydrogens is 541 g/mol. The molecule has 0 N–H and O–H groups in total. The highest BCUT2D eigenvalue weighted by Crippen LogP contribution is 2.72. The third kappa shape index (κ3) is 4.33. The van der Waals surface area contributed by atoms with E-state index in [4.69, 9.17) is 21.1 Å². The molecule has 5 aliphatic rings. The summed E-state index contributed by atoms with van der Waals surface area (Å²) in [5.74, 6) is -0.748. The van der Waals surface area contributed by atoms with Crippen molar-refractivity contribution in [2.75, 3.05) is 19.6 Å². The van der Waals surface area contributed by atoms with Gasteiger partial charge in [-0.2, -0.15) is 0 Å². The lowest BCUT2D eigenvalue weighted by atomic mass is 9.47. The molecule has 3 saturated carbocycles. The summed E-state index contributed by atoms with van der Waals surface area (Å²) in [6.45, 7) is 12.7. The molecule has 0 amide bonds. The number of Topliss-reactive ketones (excluding diaryl/α,β-unsaturated/α-hetero) is 1. The molecule has 0 spiro atoms. The van der Waals surface area contributed by atoms with E-state index in [1.165, 1.54) is 13.8 Å². The Labute approximate surface area is 242 Å². The molecule has 0 bridgehead atoms. The Balaban J connectivity index is 0.00000353. The lowest BCUT2D eigenvalue weighted by molar-refractivity contribution is -0.185. The Hall–Kier alpha value is -1.70. The molecule has 0 heterocycles. The first kappa shape index (κ1) is 30.3. The molecule has 7 nitrogen and oxygen atoms in total. The number of allylic oxidation sites excluding steroid dienone is 4. The van der Waals surface area contributed by atoms with Gasteiger partial charge in [0.15, 0.2) is 17.2 Å². The first-order valence-corrected chi connectivity index (χ1v) is 14.5. The minimum absolute atomic E-state index is 0. The molecule has 0 aliphatic heterocycles. The number of carbonyl (C=O) groups is 4. The van der Waals surface area contributed by atoms with Crippen molar-refractivity contribution >= 4 is 47.5 Å². The topological polar surface area (TPSA) is 90.0 Å². The molecule has 5 aliphatic carbocycles. The average molecular weight is 583 g/mol. The van der Waals surface area contributed by atoms with Gasteiger partial charge in [0.1, 0.15) is 6.10 Å². The minimum atomic E-state index is -1.38. The fraction of sp³-hybridized carbons (Fsp3) is 0.733. The van der Waals surface area contributed by atoms with Gasteiger partial charge >= 0.3 is 11.9 Å². The Kier molecular flexibility index (Phi) is 7.99. The zero-order chi connectivity index (χ0) is 27.8. The predicted molar refractivity (Wildman–Crippen MR) is 149 cm³/mol. The largest absolute Gasteiger partial charge is 0.461 e. The molecule has 0 unspecified atom stereocenters. The monoisotopic (exact) mass is 581 g/mol. The van der Waals surface area contributed by atoms with Crippen LogP contribution < -0.4 is 0 Å². The summed E-state index contributed by atoms with van der Waals surface area (Å²) in [5, 5.41) is 0.581. The summed E-state index contributed by atoms with van der Waals surface area (Å²) in [7, 11) is 0. The Morgan fingerprint density at radius 3 is 2.38 bits per heavy atom. The van der Waals surface area contributed by atoms with Gasteiger partial charge in [-0.1, -0.05) is 45.4 Å². The van der Waals surface area contributed by atoms with E-state index in [1.807, 2.05) is 31.7 Å². The van der Waals surface area contributed by atoms with Crippen LogP contribution in [0.25, 0.3) is 0 Å². The maximum absolute atomic E-state index is 13.4. The van der Waals surface area contributed by atoms with Crippen molar-refractivity contribution in [2.45, 2.75) is 78.9 Å². The highest BCUT2D eigenvalue weighted by molar-refractivity contribution is 6.32. The molecule has 9 atom stereocenters.